The standard InChI is InChI=1S/C17H19N9O4S2/c1-9(8-18)11-7-12(31(19,27)28)15(32(20,29)30)14(16-22-24-25-23-16)13(11)10-3-2-5-26-6-4-21-17(10)26/h2-7,9H,8,18H2,1H3,(H2,19,27,28)(H2,20,29,30)(H,22,23,24,25). The summed E-state index contributed by atoms with van der Waals surface area (Å²) in [5.41, 5.74) is 7.40. The van der Waals surface area contributed by atoms with Crippen molar-refractivity contribution in [1.82, 2.24) is 30.0 Å². The first-order valence-electron chi connectivity index (χ1n) is 9.16. The summed E-state index contributed by atoms with van der Waals surface area (Å²) in [4.78, 5) is 2.93. The van der Waals surface area contributed by atoms with Crippen molar-refractivity contribution in [3.8, 4) is 22.5 Å². The number of sulfonamides is 2. The maximum absolute atomic E-state index is 12.7. The van der Waals surface area contributed by atoms with Crippen LogP contribution in [0.5, 0.6) is 0 Å². The zero-order valence-electron chi connectivity index (χ0n) is 16.7. The van der Waals surface area contributed by atoms with Gasteiger partial charge in [-0.25, -0.2) is 32.1 Å². The number of nitrogens with two attached hydrogens (primary N) is 3. The number of aromatic amines is 1. The Morgan fingerprint density at radius 2 is 1.88 bits per heavy atom. The van der Waals surface area contributed by atoms with Gasteiger partial charge >= 0.3 is 0 Å². The number of rotatable bonds is 6. The predicted molar refractivity (Wildman–Crippen MR) is 114 cm³/mol. The van der Waals surface area contributed by atoms with Crippen LogP contribution in [0, 0.1) is 0 Å². The molecule has 0 saturated carbocycles. The van der Waals surface area contributed by atoms with Gasteiger partial charge in [-0.1, -0.05) is 6.92 Å². The van der Waals surface area contributed by atoms with Gasteiger partial charge in [-0.2, -0.15) is 5.21 Å². The molecule has 4 aromatic rings. The third-order valence-corrected chi connectivity index (χ3v) is 7.07. The van der Waals surface area contributed by atoms with Gasteiger partial charge in [0.2, 0.25) is 25.9 Å². The van der Waals surface area contributed by atoms with Gasteiger partial charge in [0, 0.05) is 29.7 Å². The van der Waals surface area contributed by atoms with Crippen LogP contribution in [-0.4, -0.2) is 53.4 Å². The predicted octanol–water partition coefficient (Wildman–Crippen LogP) is -0.462. The molecular weight excluding hydrogens is 458 g/mol. The molecule has 4 rings (SSSR count). The highest BCUT2D eigenvalue weighted by Gasteiger charge is 2.34. The lowest BCUT2D eigenvalue weighted by Crippen LogP contribution is -2.24. The minimum absolute atomic E-state index is 0.120. The van der Waals surface area contributed by atoms with Crippen LogP contribution in [0.25, 0.3) is 28.2 Å². The van der Waals surface area contributed by atoms with Gasteiger partial charge in [0.25, 0.3) is 0 Å². The first-order chi connectivity index (χ1) is 15.0. The molecule has 168 valence electrons. The highest BCUT2D eigenvalue weighted by Crippen LogP contribution is 2.44. The number of hydrogen-bond donors (Lipinski definition) is 4. The molecule has 0 amide bonds. The molecule has 0 bridgehead atoms. The van der Waals surface area contributed by atoms with E-state index in [2.05, 4.69) is 25.6 Å². The molecule has 3 heterocycles. The Morgan fingerprint density at radius 1 is 1.12 bits per heavy atom. The third-order valence-electron chi connectivity index (χ3n) is 5.01. The number of imidazole rings is 1. The number of primary sulfonamides is 2. The number of benzene rings is 1. The van der Waals surface area contributed by atoms with Crippen LogP contribution in [0.15, 0.2) is 46.6 Å². The molecular formula is C17H19N9O4S2. The first-order valence-corrected chi connectivity index (χ1v) is 12.3. The van der Waals surface area contributed by atoms with Crippen molar-refractivity contribution < 1.29 is 16.8 Å². The number of hydrogen-bond acceptors (Lipinski definition) is 9. The minimum Gasteiger partial charge on any atom is -0.330 e. The number of nitrogens with one attached hydrogen (secondary N) is 1. The van der Waals surface area contributed by atoms with Crippen LogP contribution in [0.2, 0.25) is 0 Å². The summed E-state index contributed by atoms with van der Waals surface area (Å²) >= 11 is 0. The van der Waals surface area contributed by atoms with Gasteiger partial charge in [0.1, 0.15) is 15.4 Å². The van der Waals surface area contributed by atoms with E-state index in [-0.39, 0.29) is 17.9 Å². The molecule has 0 radical (unpaired) electrons. The van der Waals surface area contributed by atoms with E-state index in [4.69, 9.17) is 16.0 Å². The van der Waals surface area contributed by atoms with Crippen molar-refractivity contribution in [1.29, 1.82) is 0 Å². The smallest absolute Gasteiger partial charge is 0.240 e. The van der Waals surface area contributed by atoms with Crippen LogP contribution in [0.4, 0.5) is 0 Å². The molecule has 0 aliphatic rings. The molecule has 1 unspecified atom stereocenters. The number of tetrazole rings is 1. The molecule has 32 heavy (non-hydrogen) atoms. The zero-order chi connectivity index (χ0) is 23.3. The van der Waals surface area contributed by atoms with E-state index in [0.29, 0.717) is 22.3 Å². The summed E-state index contributed by atoms with van der Waals surface area (Å²) < 4.78 is 52.0. The van der Waals surface area contributed by atoms with Gasteiger partial charge in [-0.05, 0) is 41.4 Å². The Hall–Kier alpha value is -3.24. The second-order valence-electron chi connectivity index (χ2n) is 7.09. The summed E-state index contributed by atoms with van der Waals surface area (Å²) in [6, 6.07) is 4.61. The van der Waals surface area contributed by atoms with Crippen molar-refractivity contribution in [2.75, 3.05) is 6.54 Å². The Balaban J connectivity index is 2.34. The number of pyridine rings is 1. The van der Waals surface area contributed by atoms with E-state index in [1.54, 1.807) is 42.0 Å². The van der Waals surface area contributed by atoms with E-state index in [0.717, 1.165) is 0 Å². The van der Waals surface area contributed by atoms with Crippen molar-refractivity contribution in [2.45, 2.75) is 22.6 Å². The normalized spacial score (nSPS) is 13.5. The highest BCUT2D eigenvalue weighted by molar-refractivity contribution is 7.92. The van der Waals surface area contributed by atoms with Gasteiger partial charge < -0.3 is 10.1 Å². The van der Waals surface area contributed by atoms with Crippen LogP contribution in [0.1, 0.15) is 18.4 Å². The van der Waals surface area contributed by atoms with E-state index in [1.165, 1.54) is 6.07 Å². The van der Waals surface area contributed by atoms with E-state index in [1.807, 2.05) is 0 Å². The Kier molecular flexibility index (Phi) is 5.30. The van der Waals surface area contributed by atoms with Crippen LogP contribution in [-0.2, 0) is 20.0 Å². The summed E-state index contributed by atoms with van der Waals surface area (Å²) in [5, 5.41) is 24.4. The summed E-state index contributed by atoms with van der Waals surface area (Å²) in [5.74, 6) is -0.602. The number of H-pyrrole nitrogens is 1. The highest BCUT2D eigenvalue weighted by atomic mass is 32.2. The Labute approximate surface area is 182 Å². The monoisotopic (exact) mass is 477 g/mol. The molecule has 7 N–H and O–H groups in total. The molecule has 0 saturated heterocycles. The van der Waals surface area contributed by atoms with Crippen LogP contribution >= 0.6 is 0 Å². The quantitative estimate of drug-likeness (QED) is 0.282. The molecule has 0 aliphatic carbocycles. The molecule has 0 aliphatic heterocycles. The molecule has 3 aromatic heterocycles. The Bertz CT molecular complexity index is 1530. The SMILES string of the molecule is CC(CN)c1cc(S(N)(=O)=O)c(S(N)(=O)=O)c(-c2nn[nH]n2)c1-c1cccn2ccnc12. The number of nitrogens with zero attached hydrogens (tertiary/aromatic N) is 5. The third kappa shape index (κ3) is 3.65. The van der Waals surface area contributed by atoms with Crippen molar-refractivity contribution in [2.24, 2.45) is 16.0 Å². The fourth-order valence-electron chi connectivity index (χ4n) is 3.58. The first kappa shape index (κ1) is 22.0. The maximum Gasteiger partial charge on any atom is 0.240 e. The average Bonchev–Trinajstić information content (AvgIpc) is 3.41. The molecule has 15 heteroatoms. The van der Waals surface area contributed by atoms with Crippen LogP contribution in [0.3, 0.4) is 0 Å². The molecule has 1 atom stereocenters. The lowest BCUT2D eigenvalue weighted by atomic mass is 9.88. The van der Waals surface area contributed by atoms with Crippen molar-refractivity contribution in [3.05, 3.63) is 42.4 Å². The van der Waals surface area contributed by atoms with Gasteiger partial charge in [-0.3, -0.25) is 0 Å². The fraction of sp³-hybridized carbons (Fsp3) is 0.176. The average molecular weight is 478 g/mol. The van der Waals surface area contributed by atoms with E-state index < -0.39 is 35.8 Å². The van der Waals surface area contributed by atoms with Crippen molar-refractivity contribution >= 4 is 25.7 Å². The summed E-state index contributed by atoms with van der Waals surface area (Å²) in [6.45, 7) is 1.88. The largest absolute Gasteiger partial charge is 0.330 e. The topological polar surface area (TPSA) is 218 Å². The van der Waals surface area contributed by atoms with Gasteiger partial charge in [0.05, 0.1) is 5.56 Å². The van der Waals surface area contributed by atoms with Gasteiger partial charge in [0.15, 0.2) is 0 Å². The molecule has 1 aromatic carbocycles. The lowest BCUT2D eigenvalue weighted by Gasteiger charge is -2.22. The fourth-order valence-corrected chi connectivity index (χ4v) is 5.75. The summed E-state index contributed by atoms with van der Waals surface area (Å²) in [7, 11) is -9.16. The van der Waals surface area contributed by atoms with Crippen LogP contribution < -0.4 is 16.0 Å². The minimum atomic E-state index is -4.63. The van der Waals surface area contributed by atoms with E-state index in [9.17, 15) is 16.8 Å². The van der Waals surface area contributed by atoms with Gasteiger partial charge in [-0.15, -0.1) is 10.2 Å². The molecule has 0 spiro atoms. The van der Waals surface area contributed by atoms with E-state index >= 15 is 0 Å². The Morgan fingerprint density at radius 3 is 2.47 bits per heavy atom. The number of aromatic nitrogens is 6. The summed E-state index contributed by atoms with van der Waals surface area (Å²) in [6.07, 6.45) is 5.03. The second kappa shape index (κ2) is 7.72. The van der Waals surface area contributed by atoms with Crippen molar-refractivity contribution in [3.63, 3.8) is 0 Å². The lowest BCUT2D eigenvalue weighted by molar-refractivity contribution is 0.584. The molecule has 0 fully saturated rings. The zero-order valence-corrected chi connectivity index (χ0v) is 18.3. The molecule has 13 nitrogen and oxygen atoms in total. The maximum atomic E-state index is 12.7. The number of fused-ring (bicyclic) bond motifs is 1. The second-order valence-corrected chi connectivity index (χ2v) is 10.1.